The van der Waals surface area contributed by atoms with Crippen LogP contribution in [0.1, 0.15) is 25.1 Å². The van der Waals surface area contributed by atoms with Gasteiger partial charge in [-0.25, -0.2) is 4.98 Å². The number of pyridine rings is 1. The Morgan fingerprint density at radius 3 is 2.52 bits per heavy atom. The topological polar surface area (TPSA) is 105 Å². The maximum atomic E-state index is 9.49. The highest BCUT2D eigenvalue weighted by atomic mass is 35.5. The average molecular weight is 447 g/mol. The number of rotatable bonds is 8. The first kappa shape index (κ1) is 23.0. The number of hydrogen-bond acceptors (Lipinski definition) is 8. The van der Waals surface area contributed by atoms with E-state index in [9.17, 15) is 5.11 Å². The van der Waals surface area contributed by atoms with Crippen LogP contribution in [0.2, 0.25) is 5.02 Å². The molecule has 1 aromatic carbocycles. The number of aliphatic hydroxyl groups excluding tert-OH is 2. The highest BCUT2D eigenvalue weighted by molar-refractivity contribution is 6.32. The summed E-state index contributed by atoms with van der Waals surface area (Å²) in [5.74, 6) is 2.05. The van der Waals surface area contributed by atoms with Gasteiger partial charge in [-0.1, -0.05) is 16.8 Å². The van der Waals surface area contributed by atoms with Gasteiger partial charge in [0.2, 0.25) is 5.82 Å². The lowest BCUT2D eigenvalue weighted by molar-refractivity contribution is 0.0534. The lowest BCUT2D eigenvalue weighted by atomic mass is 10.1. The van der Waals surface area contributed by atoms with Crippen LogP contribution in [0.5, 0.6) is 5.75 Å². The first-order chi connectivity index (χ1) is 14.7. The largest absolute Gasteiger partial charge is 0.489 e. The van der Waals surface area contributed by atoms with Crippen LogP contribution >= 0.6 is 11.6 Å². The van der Waals surface area contributed by atoms with Crippen molar-refractivity contribution in [2.75, 3.05) is 25.2 Å². The first-order valence-electron chi connectivity index (χ1n) is 9.97. The Bertz CT molecular complexity index is 1030. The fourth-order valence-electron chi connectivity index (χ4n) is 2.95. The summed E-state index contributed by atoms with van der Waals surface area (Å²) < 4.78 is 11.1. The summed E-state index contributed by atoms with van der Waals surface area (Å²) in [6.45, 7) is 7.50. The van der Waals surface area contributed by atoms with Gasteiger partial charge in [-0.2, -0.15) is 4.98 Å². The van der Waals surface area contributed by atoms with Crippen molar-refractivity contribution in [1.82, 2.24) is 15.1 Å². The second kappa shape index (κ2) is 9.64. The molecule has 2 N–H and O–H groups in total. The monoisotopic (exact) mass is 446 g/mol. The van der Waals surface area contributed by atoms with Crippen molar-refractivity contribution in [3.05, 3.63) is 40.5 Å². The molecule has 3 rings (SSSR count). The van der Waals surface area contributed by atoms with Crippen molar-refractivity contribution in [1.29, 1.82) is 0 Å². The van der Waals surface area contributed by atoms with Gasteiger partial charge in [0.25, 0.3) is 5.89 Å². The van der Waals surface area contributed by atoms with Gasteiger partial charge in [0.15, 0.2) is 0 Å². The van der Waals surface area contributed by atoms with Crippen LogP contribution in [0.3, 0.4) is 0 Å². The fourth-order valence-corrected chi connectivity index (χ4v) is 3.27. The first-order valence-corrected chi connectivity index (χ1v) is 10.3. The van der Waals surface area contributed by atoms with E-state index in [1.54, 1.807) is 6.07 Å². The molecule has 0 saturated carbocycles. The van der Waals surface area contributed by atoms with Crippen molar-refractivity contribution < 1.29 is 19.5 Å². The summed E-state index contributed by atoms with van der Waals surface area (Å²) in [5.41, 5.74) is 3.07. The number of halogens is 1. The molecule has 0 radical (unpaired) electrons. The average Bonchev–Trinajstić information content (AvgIpc) is 3.22. The second-order valence-electron chi connectivity index (χ2n) is 7.73. The van der Waals surface area contributed by atoms with Gasteiger partial charge in [0, 0.05) is 29.9 Å². The molecule has 0 saturated heterocycles. The minimum Gasteiger partial charge on any atom is -0.489 e. The molecule has 0 amide bonds. The number of aliphatic hydroxyl groups is 2. The molecule has 0 aliphatic carbocycles. The van der Waals surface area contributed by atoms with Crippen LogP contribution in [-0.2, 0) is 0 Å². The van der Waals surface area contributed by atoms with Crippen molar-refractivity contribution in [3.8, 4) is 28.6 Å². The third kappa shape index (κ3) is 5.33. The Morgan fingerprint density at radius 1 is 1.13 bits per heavy atom. The van der Waals surface area contributed by atoms with Crippen LogP contribution in [0.15, 0.2) is 28.8 Å². The summed E-state index contributed by atoms with van der Waals surface area (Å²) in [7, 11) is 1.99. The molecule has 0 fully saturated rings. The molecule has 8 nitrogen and oxygen atoms in total. The summed E-state index contributed by atoms with van der Waals surface area (Å²) in [4.78, 5) is 11.2. The van der Waals surface area contributed by atoms with Gasteiger partial charge in [0.05, 0.1) is 11.6 Å². The smallest absolute Gasteiger partial charge is 0.258 e. The Kier molecular flexibility index (Phi) is 7.15. The van der Waals surface area contributed by atoms with Crippen LogP contribution in [-0.4, -0.2) is 57.7 Å². The molecule has 3 aromatic rings. The zero-order valence-electron chi connectivity index (χ0n) is 18.3. The number of hydrogen-bond donors (Lipinski definition) is 2. The van der Waals surface area contributed by atoms with Crippen LogP contribution in [0, 0.1) is 13.8 Å². The fraction of sp³-hybridized carbons (Fsp3) is 0.409. The van der Waals surface area contributed by atoms with E-state index in [-0.39, 0.29) is 13.2 Å². The predicted molar refractivity (Wildman–Crippen MR) is 120 cm³/mol. The summed E-state index contributed by atoms with van der Waals surface area (Å²) >= 11 is 6.37. The number of benzene rings is 1. The Labute approximate surface area is 186 Å². The summed E-state index contributed by atoms with van der Waals surface area (Å²) in [5, 5.41) is 22.9. The van der Waals surface area contributed by atoms with Crippen molar-refractivity contribution in [3.63, 3.8) is 0 Å². The standard InChI is InChI=1S/C22H27ClN4O4/c1-12(2)27(5)19-9-16(7-14(4)24-19)22-25-21(26-31-22)15-6-13(3)20(18(23)8-15)30-11-17(29)10-28/h6-9,12,17,28-29H,10-11H2,1-5H3/t17-/m0/s1. The summed E-state index contributed by atoms with van der Waals surface area (Å²) in [6.07, 6.45) is -0.974. The minimum atomic E-state index is -0.974. The maximum absolute atomic E-state index is 9.49. The molecule has 2 aromatic heterocycles. The Balaban J connectivity index is 1.89. The number of ether oxygens (including phenoxy) is 1. The van der Waals surface area contributed by atoms with Crippen LogP contribution in [0.25, 0.3) is 22.8 Å². The van der Waals surface area contributed by atoms with E-state index in [0.29, 0.717) is 34.1 Å². The molecular formula is C22H27ClN4O4. The molecule has 9 heteroatoms. The highest BCUT2D eigenvalue weighted by Gasteiger charge is 2.17. The van der Waals surface area contributed by atoms with Crippen molar-refractivity contribution in [2.24, 2.45) is 0 Å². The molecule has 0 spiro atoms. The molecular weight excluding hydrogens is 420 g/mol. The third-order valence-corrected chi connectivity index (χ3v) is 5.15. The molecule has 0 aliphatic heterocycles. The van der Waals surface area contributed by atoms with E-state index in [1.165, 1.54) is 0 Å². The zero-order valence-corrected chi connectivity index (χ0v) is 19.0. The molecule has 0 bridgehead atoms. The van der Waals surface area contributed by atoms with Crippen LogP contribution in [0.4, 0.5) is 5.82 Å². The van der Waals surface area contributed by atoms with Gasteiger partial charge >= 0.3 is 0 Å². The van der Waals surface area contributed by atoms with Gasteiger partial charge in [-0.05, 0) is 57.5 Å². The second-order valence-corrected chi connectivity index (χ2v) is 8.14. The normalized spacial score (nSPS) is 12.3. The van der Waals surface area contributed by atoms with Gasteiger partial charge in [-0.3, -0.25) is 0 Å². The molecule has 0 aliphatic rings. The summed E-state index contributed by atoms with van der Waals surface area (Å²) in [6, 6.07) is 7.63. The molecule has 0 unspecified atom stereocenters. The SMILES string of the molecule is Cc1cc(-c2nc(-c3cc(C)c(OC[C@@H](O)CO)c(Cl)c3)no2)cc(N(C)C(C)C)n1. The lowest BCUT2D eigenvalue weighted by Crippen LogP contribution is -2.26. The Hall–Kier alpha value is -2.68. The molecule has 1 atom stereocenters. The van der Waals surface area contributed by atoms with Gasteiger partial charge in [0.1, 0.15) is 24.3 Å². The molecule has 166 valence electrons. The van der Waals surface area contributed by atoms with Crippen molar-refractivity contribution >= 4 is 17.4 Å². The van der Waals surface area contributed by atoms with E-state index in [4.69, 9.17) is 26.0 Å². The van der Waals surface area contributed by atoms with E-state index >= 15 is 0 Å². The quantitative estimate of drug-likeness (QED) is 0.540. The molecule has 31 heavy (non-hydrogen) atoms. The molecule has 2 heterocycles. The van der Waals surface area contributed by atoms with E-state index in [0.717, 1.165) is 22.6 Å². The van der Waals surface area contributed by atoms with E-state index in [1.807, 2.05) is 39.1 Å². The van der Waals surface area contributed by atoms with Gasteiger partial charge in [-0.15, -0.1) is 0 Å². The third-order valence-electron chi connectivity index (χ3n) is 4.87. The Morgan fingerprint density at radius 2 is 1.87 bits per heavy atom. The lowest BCUT2D eigenvalue weighted by Gasteiger charge is -2.23. The van der Waals surface area contributed by atoms with E-state index in [2.05, 4.69) is 33.9 Å². The number of anilines is 1. The minimum absolute atomic E-state index is 0.0582. The van der Waals surface area contributed by atoms with Crippen LogP contribution < -0.4 is 9.64 Å². The van der Waals surface area contributed by atoms with E-state index < -0.39 is 6.10 Å². The maximum Gasteiger partial charge on any atom is 0.258 e. The highest BCUT2D eigenvalue weighted by Crippen LogP contribution is 2.34. The van der Waals surface area contributed by atoms with Gasteiger partial charge < -0.3 is 24.4 Å². The van der Waals surface area contributed by atoms with Crippen molar-refractivity contribution in [2.45, 2.75) is 39.8 Å². The number of aryl methyl sites for hydroxylation is 2. The number of aromatic nitrogens is 3. The zero-order chi connectivity index (χ0) is 22.7. The number of nitrogens with zero attached hydrogens (tertiary/aromatic N) is 4. The predicted octanol–water partition coefficient (Wildman–Crippen LogP) is 3.65.